The highest BCUT2D eigenvalue weighted by Gasteiger charge is 2.40. The summed E-state index contributed by atoms with van der Waals surface area (Å²) in [5.41, 5.74) is 1.50. The molecule has 0 aliphatic carbocycles. The van der Waals surface area contributed by atoms with Gasteiger partial charge in [0.1, 0.15) is 23.7 Å². The third-order valence-corrected chi connectivity index (χ3v) is 5.49. The minimum absolute atomic E-state index is 0.0222. The van der Waals surface area contributed by atoms with Crippen molar-refractivity contribution in [2.75, 3.05) is 0 Å². The molecular weight excluding hydrogens is 445 g/mol. The van der Waals surface area contributed by atoms with Gasteiger partial charge in [-0.25, -0.2) is 0 Å². The van der Waals surface area contributed by atoms with Crippen LogP contribution in [0.25, 0.3) is 11.0 Å². The maximum Gasteiger partial charge on any atom is 0.453 e. The number of para-hydroxylation sites is 1. The zero-order valence-electron chi connectivity index (χ0n) is 18.9. The lowest BCUT2D eigenvalue weighted by Crippen LogP contribution is -2.16. The summed E-state index contributed by atoms with van der Waals surface area (Å²) >= 11 is 0. The Morgan fingerprint density at radius 2 is 1.68 bits per heavy atom. The van der Waals surface area contributed by atoms with E-state index in [1.54, 1.807) is 18.2 Å². The molecule has 176 valence electrons. The van der Waals surface area contributed by atoms with Crippen LogP contribution in [-0.2, 0) is 12.8 Å². The second kappa shape index (κ2) is 9.25. The summed E-state index contributed by atoms with van der Waals surface area (Å²) in [6.07, 6.45) is -4.94. The van der Waals surface area contributed by atoms with Crippen molar-refractivity contribution in [1.82, 2.24) is 0 Å². The van der Waals surface area contributed by atoms with Gasteiger partial charge in [-0.2, -0.15) is 13.2 Å². The van der Waals surface area contributed by atoms with E-state index in [0.717, 1.165) is 11.1 Å². The summed E-state index contributed by atoms with van der Waals surface area (Å²) in [4.78, 5) is 13.1. The molecule has 7 heteroatoms. The van der Waals surface area contributed by atoms with Crippen LogP contribution in [0.3, 0.4) is 0 Å². The molecule has 1 aromatic heterocycles. The maximum absolute atomic E-state index is 13.9. The summed E-state index contributed by atoms with van der Waals surface area (Å²) < 4.78 is 58.2. The number of fused-ring (bicyclic) bond motifs is 1. The van der Waals surface area contributed by atoms with Crippen LogP contribution in [0.1, 0.15) is 42.2 Å². The van der Waals surface area contributed by atoms with Gasteiger partial charge in [-0.3, -0.25) is 4.79 Å². The van der Waals surface area contributed by atoms with Crippen LogP contribution < -0.4 is 14.9 Å². The summed E-state index contributed by atoms with van der Waals surface area (Å²) in [5, 5.41) is -0.0340. The summed E-state index contributed by atoms with van der Waals surface area (Å²) in [5.74, 6) is -1.94. The molecule has 3 aromatic carbocycles. The van der Waals surface area contributed by atoms with Gasteiger partial charge in [0.05, 0.1) is 5.39 Å². The minimum atomic E-state index is -4.94. The molecule has 0 spiro atoms. The van der Waals surface area contributed by atoms with Gasteiger partial charge in [0.2, 0.25) is 11.2 Å². The van der Waals surface area contributed by atoms with Gasteiger partial charge < -0.3 is 13.9 Å². The highest BCUT2D eigenvalue weighted by Crippen LogP contribution is 2.40. The molecule has 1 heterocycles. The Balaban J connectivity index is 1.76. The molecule has 0 saturated carbocycles. The molecule has 0 unspecified atom stereocenters. The van der Waals surface area contributed by atoms with E-state index in [1.165, 1.54) is 24.3 Å². The van der Waals surface area contributed by atoms with Crippen LogP contribution in [0.4, 0.5) is 13.2 Å². The summed E-state index contributed by atoms with van der Waals surface area (Å²) in [6.45, 7) is 5.93. The van der Waals surface area contributed by atoms with Gasteiger partial charge in [-0.05, 0) is 47.7 Å². The van der Waals surface area contributed by atoms with Crippen molar-refractivity contribution in [3.05, 3.63) is 99.4 Å². The van der Waals surface area contributed by atoms with E-state index in [9.17, 15) is 18.0 Å². The van der Waals surface area contributed by atoms with Crippen LogP contribution in [0, 0.1) is 6.92 Å². The fourth-order valence-corrected chi connectivity index (χ4v) is 3.62. The third kappa shape index (κ3) is 4.78. The Bertz CT molecular complexity index is 1390. The number of rotatable bonds is 6. The van der Waals surface area contributed by atoms with Crippen molar-refractivity contribution in [3.8, 4) is 17.2 Å². The van der Waals surface area contributed by atoms with Gasteiger partial charge in [0.25, 0.3) is 5.76 Å². The molecule has 4 nitrogen and oxygen atoms in total. The third-order valence-electron chi connectivity index (χ3n) is 5.49. The summed E-state index contributed by atoms with van der Waals surface area (Å²) in [7, 11) is 0. The van der Waals surface area contributed by atoms with E-state index in [1.807, 2.05) is 45.0 Å². The molecule has 0 fully saturated rings. The second-order valence-electron chi connectivity index (χ2n) is 8.25. The highest BCUT2D eigenvalue weighted by molar-refractivity contribution is 5.79. The standard InChI is InChI=1S/C27H23F3O4/c1-16(2)20-10-6-7-11-22(20)33-25-24(31)21-13-12-19(14-23(21)34-26(25)27(28,29)30)32-15-18-9-5-4-8-17(18)3/h4-14,16H,15H2,1-3H3. The van der Waals surface area contributed by atoms with E-state index >= 15 is 0 Å². The number of halogens is 3. The fourth-order valence-electron chi connectivity index (χ4n) is 3.62. The number of aryl methyl sites for hydroxylation is 1. The number of benzene rings is 3. The van der Waals surface area contributed by atoms with Crippen LogP contribution in [0.2, 0.25) is 0 Å². The maximum atomic E-state index is 13.9. The Hall–Kier alpha value is -3.74. The lowest BCUT2D eigenvalue weighted by Gasteiger charge is -2.16. The zero-order valence-corrected chi connectivity index (χ0v) is 18.9. The predicted molar refractivity (Wildman–Crippen MR) is 124 cm³/mol. The molecule has 0 aliphatic rings. The fraction of sp³-hybridized carbons (Fsp3) is 0.222. The van der Waals surface area contributed by atoms with Gasteiger partial charge in [-0.1, -0.05) is 56.3 Å². The predicted octanol–water partition coefficient (Wildman–Crippen LogP) is 7.61. The minimum Gasteiger partial charge on any atom is -0.489 e. The topological polar surface area (TPSA) is 48.7 Å². The second-order valence-corrected chi connectivity index (χ2v) is 8.25. The SMILES string of the molecule is Cc1ccccc1COc1ccc2c(=O)c(Oc3ccccc3C(C)C)c(C(F)(F)F)oc2c1. The molecule has 34 heavy (non-hydrogen) atoms. The number of hydrogen-bond donors (Lipinski definition) is 0. The van der Waals surface area contributed by atoms with Crippen molar-refractivity contribution in [3.63, 3.8) is 0 Å². The number of ether oxygens (including phenoxy) is 2. The average Bonchev–Trinajstić information content (AvgIpc) is 2.79. The van der Waals surface area contributed by atoms with Gasteiger partial charge in [0, 0.05) is 6.07 Å². The van der Waals surface area contributed by atoms with Crippen LogP contribution >= 0.6 is 0 Å². The first-order valence-electron chi connectivity index (χ1n) is 10.8. The lowest BCUT2D eigenvalue weighted by molar-refractivity contribution is -0.154. The Labute approximate surface area is 194 Å². The monoisotopic (exact) mass is 468 g/mol. The van der Waals surface area contributed by atoms with Crippen molar-refractivity contribution < 1.29 is 27.1 Å². The van der Waals surface area contributed by atoms with Crippen molar-refractivity contribution in [2.24, 2.45) is 0 Å². The lowest BCUT2D eigenvalue weighted by atomic mass is 10.0. The Morgan fingerprint density at radius 1 is 0.971 bits per heavy atom. The largest absolute Gasteiger partial charge is 0.489 e. The van der Waals surface area contributed by atoms with Crippen LogP contribution in [0.15, 0.2) is 75.9 Å². The molecule has 0 saturated heterocycles. The molecule has 4 rings (SSSR count). The van der Waals surface area contributed by atoms with Crippen molar-refractivity contribution in [1.29, 1.82) is 0 Å². The first-order valence-corrected chi connectivity index (χ1v) is 10.8. The molecule has 0 N–H and O–H groups in total. The van der Waals surface area contributed by atoms with Crippen LogP contribution in [0.5, 0.6) is 17.2 Å². The molecule has 0 aliphatic heterocycles. The van der Waals surface area contributed by atoms with Gasteiger partial charge >= 0.3 is 6.18 Å². The van der Waals surface area contributed by atoms with Crippen molar-refractivity contribution >= 4 is 11.0 Å². The molecule has 0 radical (unpaired) electrons. The molecule has 4 aromatic rings. The smallest absolute Gasteiger partial charge is 0.453 e. The Kier molecular flexibility index (Phi) is 6.37. The molecule has 0 bridgehead atoms. The number of alkyl halides is 3. The first-order chi connectivity index (χ1) is 16.1. The molecule has 0 atom stereocenters. The molecular formula is C27H23F3O4. The van der Waals surface area contributed by atoms with Gasteiger partial charge in [-0.15, -0.1) is 0 Å². The zero-order chi connectivity index (χ0) is 24.5. The Morgan fingerprint density at radius 3 is 2.38 bits per heavy atom. The average molecular weight is 468 g/mol. The molecule has 0 amide bonds. The quantitative estimate of drug-likeness (QED) is 0.292. The van der Waals surface area contributed by atoms with E-state index in [0.29, 0.717) is 5.56 Å². The van der Waals surface area contributed by atoms with Gasteiger partial charge in [0.15, 0.2) is 0 Å². The normalized spacial score (nSPS) is 11.7. The number of hydrogen-bond acceptors (Lipinski definition) is 4. The highest BCUT2D eigenvalue weighted by atomic mass is 19.4. The first kappa shape index (κ1) is 23.4. The van der Waals surface area contributed by atoms with E-state index < -0.39 is 23.1 Å². The van der Waals surface area contributed by atoms with E-state index in [-0.39, 0.29) is 35.0 Å². The van der Waals surface area contributed by atoms with Crippen molar-refractivity contribution in [2.45, 2.75) is 39.5 Å². The van der Waals surface area contributed by atoms with E-state index in [4.69, 9.17) is 13.9 Å². The van der Waals surface area contributed by atoms with E-state index in [2.05, 4.69) is 0 Å². The summed E-state index contributed by atoms with van der Waals surface area (Å²) in [6, 6.07) is 18.5. The van der Waals surface area contributed by atoms with Crippen LogP contribution in [-0.4, -0.2) is 0 Å².